The number of amides is 2. The molecule has 0 bridgehead atoms. The maximum atomic E-state index is 12.7. The average Bonchev–Trinajstić information content (AvgIpc) is 2.68. The van der Waals surface area contributed by atoms with Crippen LogP contribution in [0.15, 0.2) is 42.5 Å². The van der Waals surface area contributed by atoms with Crippen molar-refractivity contribution in [3.63, 3.8) is 0 Å². The fraction of sp³-hybridized carbons (Fsp3) is 0.500. The van der Waals surface area contributed by atoms with Crippen molar-refractivity contribution in [1.29, 1.82) is 0 Å². The molecular weight excluding hydrogens is 356 g/mol. The van der Waals surface area contributed by atoms with E-state index in [0.717, 1.165) is 5.56 Å². The minimum absolute atomic E-state index is 0.125. The number of carbonyl (C=O) groups excluding carboxylic acids is 3. The zero-order valence-corrected chi connectivity index (χ0v) is 16.6. The molecule has 152 valence electrons. The Bertz CT molecular complexity index is 685. The van der Waals surface area contributed by atoms with Crippen LogP contribution in [0.1, 0.15) is 51.2 Å². The lowest BCUT2D eigenvalue weighted by atomic mass is 9.98. The fourth-order valence-corrected chi connectivity index (χ4v) is 2.93. The minimum atomic E-state index is -0.545. The zero-order chi connectivity index (χ0) is 20.4. The highest BCUT2D eigenvalue weighted by Crippen LogP contribution is 2.19. The van der Waals surface area contributed by atoms with E-state index in [2.05, 4.69) is 10.6 Å². The monoisotopic (exact) mass is 386 g/mol. The quantitative estimate of drug-likeness (QED) is 0.602. The van der Waals surface area contributed by atoms with Gasteiger partial charge in [-0.1, -0.05) is 56.3 Å². The molecule has 2 amide bonds. The minimum Gasteiger partial charge on any atom is -0.456 e. The van der Waals surface area contributed by atoms with E-state index < -0.39 is 12.0 Å². The maximum absolute atomic E-state index is 12.7. The van der Waals surface area contributed by atoms with E-state index in [9.17, 15) is 14.4 Å². The summed E-state index contributed by atoms with van der Waals surface area (Å²) >= 11 is 0. The van der Waals surface area contributed by atoms with Crippen LogP contribution in [0.2, 0.25) is 0 Å². The Morgan fingerprint density at radius 1 is 1.21 bits per heavy atom. The second-order valence-electron chi connectivity index (χ2n) is 7.48. The summed E-state index contributed by atoms with van der Waals surface area (Å²) in [5.74, 6) is -0.717. The normalized spacial score (nSPS) is 22.4. The SMILES string of the molecule is CC(C)CNC(=O)C[C@@H]1C/C=C\CCC(=O)O[C@H](c2ccccc2)CNC1=O. The summed E-state index contributed by atoms with van der Waals surface area (Å²) in [6, 6.07) is 9.35. The molecular formula is C22H30N2O4. The molecule has 0 saturated carbocycles. The summed E-state index contributed by atoms with van der Waals surface area (Å²) in [5.41, 5.74) is 0.829. The summed E-state index contributed by atoms with van der Waals surface area (Å²) in [5, 5.41) is 5.72. The van der Waals surface area contributed by atoms with Gasteiger partial charge in [0.2, 0.25) is 11.8 Å². The first-order valence-electron chi connectivity index (χ1n) is 9.89. The first-order chi connectivity index (χ1) is 13.5. The highest BCUT2D eigenvalue weighted by molar-refractivity contribution is 5.86. The third kappa shape index (κ3) is 7.55. The smallest absolute Gasteiger partial charge is 0.306 e. The van der Waals surface area contributed by atoms with Gasteiger partial charge < -0.3 is 15.4 Å². The second kappa shape index (κ2) is 11.3. The molecule has 0 spiro atoms. The highest BCUT2D eigenvalue weighted by atomic mass is 16.5. The van der Waals surface area contributed by atoms with Gasteiger partial charge in [0.1, 0.15) is 6.10 Å². The Kier molecular flexibility index (Phi) is 8.72. The van der Waals surface area contributed by atoms with E-state index >= 15 is 0 Å². The largest absolute Gasteiger partial charge is 0.456 e. The molecule has 6 heteroatoms. The molecule has 2 rings (SSSR count). The van der Waals surface area contributed by atoms with Crippen LogP contribution in [0, 0.1) is 11.8 Å². The molecule has 1 heterocycles. The highest BCUT2D eigenvalue weighted by Gasteiger charge is 2.24. The standard InChI is InChI=1S/C22H30N2O4/c1-16(2)14-23-20(25)13-18-11-7-4-8-12-21(26)28-19(15-24-22(18)27)17-9-5-3-6-10-17/h3-7,9-10,16,18-19H,8,11-15H2,1-2H3,(H,23,25)(H,24,27)/b7-4-/t18-,19-/m0/s1. The van der Waals surface area contributed by atoms with Crippen molar-refractivity contribution in [2.75, 3.05) is 13.1 Å². The van der Waals surface area contributed by atoms with Crippen LogP contribution in [-0.4, -0.2) is 30.9 Å². The maximum Gasteiger partial charge on any atom is 0.306 e. The number of rotatable bonds is 5. The number of benzene rings is 1. The Morgan fingerprint density at radius 3 is 2.68 bits per heavy atom. The Hall–Kier alpha value is -2.63. The molecule has 1 aliphatic heterocycles. The van der Waals surface area contributed by atoms with Gasteiger partial charge in [-0.2, -0.15) is 0 Å². The van der Waals surface area contributed by atoms with E-state index in [1.807, 2.05) is 56.3 Å². The molecule has 0 unspecified atom stereocenters. The van der Waals surface area contributed by atoms with Crippen LogP contribution < -0.4 is 10.6 Å². The Morgan fingerprint density at radius 2 is 1.96 bits per heavy atom. The van der Waals surface area contributed by atoms with Gasteiger partial charge in [0.05, 0.1) is 12.5 Å². The number of allylic oxidation sites excluding steroid dienone is 2. The fourth-order valence-electron chi connectivity index (χ4n) is 2.93. The number of hydrogen-bond acceptors (Lipinski definition) is 4. The van der Waals surface area contributed by atoms with E-state index in [1.54, 1.807) is 0 Å². The first kappa shape index (κ1) is 21.7. The van der Waals surface area contributed by atoms with Crippen molar-refractivity contribution in [1.82, 2.24) is 10.6 Å². The first-order valence-corrected chi connectivity index (χ1v) is 9.89. The zero-order valence-electron chi connectivity index (χ0n) is 16.6. The molecule has 28 heavy (non-hydrogen) atoms. The van der Waals surface area contributed by atoms with Crippen molar-refractivity contribution in [3.8, 4) is 0 Å². The van der Waals surface area contributed by atoms with Crippen LogP contribution in [0.3, 0.4) is 0 Å². The van der Waals surface area contributed by atoms with E-state index in [4.69, 9.17) is 4.74 Å². The van der Waals surface area contributed by atoms with E-state index in [0.29, 0.717) is 25.3 Å². The molecule has 1 aliphatic rings. The Labute approximate surface area is 166 Å². The summed E-state index contributed by atoms with van der Waals surface area (Å²) in [7, 11) is 0. The summed E-state index contributed by atoms with van der Waals surface area (Å²) in [4.78, 5) is 37.0. The molecule has 0 aromatic heterocycles. The molecule has 0 saturated heterocycles. The summed E-state index contributed by atoms with van der Waals surface area (Å²) in [6.07, 6.45) is 4.62. The third-order valence-corrected chi connectivity index (χ3v) is 4.52. The molecule has 0 aliphatic carbocycles. The van der Waals surface area contributed by atoms with Crippen LogP contribution in [0.5, 0.6) is 0 Å². The van der Waals surface area contributed by atoms with Gasteiger partial charge in [0.25, 0.3) is 0 Å². The van der Waals surface area contributed by atoms with Crippen LogP contribution >= 0.6 is 0 Å². The number of carbonyl (C=O) groups is 3. The molecule has 1 aromatic carbocycles. The topological polar surface area (TPSA) is 84.5 Å². The predicted octanol–water partition coefficient (Wildman–Crippen LogP) is 2.91. The van der Waals surface area contributed by atoms with Crippen molar-refractivity contribution in [3.05, 3.63) is 48.0 Å². The van der Waals surface area contributed by atoms with Gasteiger partial charge in [-0.3, -0.25) is 14.4 Å². The van der Waals surface area contributed by atoms with E-state index in [-0.39, 0.29) is 37.2 Å². The van der Waals surface area contributed by atoms with Crippen molar-refractivity contribution >= 4 is 17.8 Å². The Balaban J connectivity index is 2.07. The van der Waals surface area contributed by atoms with Crippen LogP contribution in [0.4, 0.5) is 0 Å². The van der Waals surface area contributed by atoms with Gasteiger partial charge in [0, 0.05) is 19.4 Å². The lowest BCUT2D eigenvalue weighted by Gasteiger charge is -2.22. The number of ether oxygens (including phenoxy) is 1. The third-order valence-electron chi connectivity index (χ3n) is 4.52. The molecule has 1 aromatic rings. The van der Waals surface area contributed by atoms with Crippen LogP contribution in [0.25, 0.3) is 0 Å². The average molecular weight is 386 g/mol. The number of hydrogen-bond donors (Lipinski definition) is 2. The number of cyclic esters (lactones) is 1. The molecule has 6 nitrogen and oxygen atoms in total. The van der Waals surface area contributed by atoms with Gasteiger partial charge in [-0.25, -0.2) is 0 Å². The van der Waals surface area contributed by atoms with Gasteiger partial charge in [-0.05, 0) is 24.3 Å². The summed E-state index contributed by atoms with van der Waals surface area (Å²) in [6.45, 7) is 4.82. The van der Waals surface area contributed by atoms with Gasteiger partial charge in [-0.15, -0.1) is 0 Å². The second-order valence-corrected chi connectivity index (χ2v) is 7.48. The molecule has 0 radical (unpaired) electrons. The van der Waals surface area contributed by atoms with Crippen LogP contribution in [-0.2, 0) is 19.1 Å². The number of nitrogens with one attached hydrogen (secondary N) is 2. The van der Waals surface area contributed by atoms with Crippen molar-refractivity contribution in [2.24, 2.45) is 11.8 Å². The van der Waals surface area contributed by atoms with Gasteiger partial charge in [0.15, 0.2) is 0 Å². The predicted molar refractivity (Wildman–Crippen MR) is 107 cm³/mol. The molecule has 0 fully saturated rings. The summed E-state index contributed by atoms with van der Waals surface area (Å²) < 4.78 is 5.57. The van der Waals surface area contributed by atoms with E-state index in [1.165, 1.54) is 0 Å². The number of esters is 1. The van der Waals surface area contributed by atoms with Gasteiger partial charge >= 0.3 is 5.97 Å². The lowest BCUT2D eigenvalue weighted by Crippen LogP contribution is -2.38. The molecule has 2 N–H and O–H groups in total. The van der Waals surface area contributed by atoms with Crippen molar-refractivity contribution < 1.29 is 19.1 Å². The lowest BCUT2D eigenvalue weighted by molar-refractivity contribution is -0.150. The molecule has 2 atom stereocenters. The van der Waals surface area contributed by atoms with Crippen molar-refractivity contribution in [2.45, 2.75) is 45.6 Å².